The number of anilines is 1. The predicted octanol–water partition coefficient (Wildman–Crippen LogP) is 2.43. The number of nitrogens with two attached hydrogens (primary N) is 1. The van der Waals surface area contributed by atoms with Gasteiger partial charge in [0.25, 0.3) is 0 Å². The highest BCUT2D eigenvalue weighted by Crippen LogP contribution is 2.19. The molecule has 0 unspecified atom stereocenters. The molecule has 0 heterocycles. The normalized spacial score (nSPS) is 10.0. The van der Waals surface area contributed by atoms with Crippen molar-refractivity contribution in [3.63, 3.8) is 0 Å². The van der Waals surface area contributed by atoms with E-state index in [2.05, 4.69) is 0 Å². The van der Waals surface area contributed by atoms with Crippen molar-refractivity contribution in [3.8, 4) is 5.75 Å². The van der Waals surface area contributed by atoms with Crippen molar-refractivity contribution in [2.75, 3.05) is 29.7 Å². The van der Waals surface area contributed by atoms with Crippen LogP contribution in [0.3, 0.4) is 0 Å². The van der Waals surface area contributed by atoms with Gasteiger partial charge >= 0.3 is 6.09 Å². The number of carbonyl (C=O) groups is 1. The largest absolute Gasteiger partial charge is 0.411 e. The van der Waals surface area contributed by atoms with E-state index in [1.54, 1.807) is 12.1 Å². The highest BCUT2D eigenvalue weighted by Gasteiger charge is 2.06. The molecule has 0 saturated carbocycles. The molecule has 0 spiro atoms. The zero-order chi connectivity index (χ0) is 12.7. The molecule has 0 aromatic heterocycles. The number of nitrogens with zero attached hydrogens (tertiary/aromatic N) is 1. The van der Waals surface area contributed by atoms with Gasteiger partial charge in [0.15, 0.2) is 0 Å². The summed E-state index contributed by atoms with van der Waals surface area (Å²) in [5.74, 6) is 1.46. The minimum Gasteiger partial charge on any atom is -0.411 e. The van der Waals surface area contributed by atoms with Crippen LogP contribution in [0.5, 0.6) is 5.75 Å². The third kappa shape index (κ3) is 4.71. The van der Waals surface area contributed by atoms with Crippen LogP contribution >= 0.6 is 23.2 Å². The molecule has 0 fully saturated rings. The SMILES string of the molecule is NC(=O)Oc1ccc(N(CCCl)CCCl)cc1. The molecular formula is C11H14Cl2N2O2. The standard InChI is InChI=1S/C11H14Cl2N2O2/c12-5-7-15(8-6-13)9-1-3-10(4-2-9)17-11(14)16/h1-4H,5-8H2,(H2,14,16). The Hall–Kier alpha value is -1.13. The molecule has 6 heteroatoms. The van der Waals surface area contributed by atoms with Crippen molar-refractivity contribution < 1.29 is 9.53 Å². The zero-order valence-corrected chi connectivity index (χ0v) is 10.7. The van der Waals surface area contributed by atoms with Gasteiger partial charge < -0.3 is 15.4 Å². The first-order valence-corrected chi connectivity index (χ1v) is 6.18. The fourth-order valence-electron chi connectivity index (χ4n) is 1.42. The van der Waals surface area contributed by atoms with Crippen LogP contribution in [-0.4, -0.2) is 30.9 Å². The van der Waals surface area contributed by atoms with Gasteiger partial charge in [0.2, 0.25) is 0 Å². The van der Waals surface area contributed by atoms with E-state index in [4.69, 9.17) is 33.7 Å². The Balaban J connectivity index is 2.72. The number of hydrogen-bond acceptors (Lipinski definition) is 3. The summed E-state index contributed by atoms with van der Waals surface area (Å²) in [5.41, 5.74) is 5.89. The van der Waals surface area contributed by atoms with Crippen molar-refractivity contribution in [1.82, 2.24) is 0 Å². The maximum absolute atomic E-state index is 10.5. The summed E-state index contributed by atoms with van der Waals surface area (Å²) < 4.78 is 4.74. The predicted molar refractivity (Wildman–Crippen MR) is 70.3 cm³/mol. The summed E-state index contributed by atoms with van der Waals surface area (Å²) in [6, 6.07) is 7.01. The number of benzene rings is 1. The molecule has 17 heavy (non-hydrogen) atoms. The van der Waals surface area contributed by atoms with Crippen LogP contribution in [0.1, 0.15) is 0 Å². The second-order valence-electron chi connectivity index (χ2n) is 3.28. The van der Waals surface area contributed by atoms with Gasteiger partial charge in [-0.1, -0.05) is 0 Å². The summed E-state index contributed by atoms with van der Waals surface area (Å²) in [7, 11) is 0. The number of alkyl halides is 2. The van der Waals surface area contributed by atoms with E-state index in [1.165, 1.54) is 0 Å². The average molecular weight is 277 g/mol. The Morgan fingerprint density at radius 1 is 1.18 bits per heavy atom. The summed E-state index contributed by atoms with van der Waals surface area (Å²) in [6.45, 7) is 1.43. The van der Waals surface area contributed by atoms with Crippen molar-refractivity contribution >= 4 is 35.0 Å². The quantitative estimate of drug-likeness (QED) is 0.812. The smallest absolute Gasteiger partial charge is 0.409 e. The third-order valence-corrected chi connectivity index (χ3v) is 2.47. The van der Waals surface area contributed by atoms with Crippen molar-refractivity contribution in [2.24, 2.45) is 5.73 Å². The first-order valence-electron chi connectivity index (χ1n) is 5.11. The second-order valence-corrected chi connectivity index (χ2v) is 4.04. The summed E-state index contributed by atoms with van der Waals surface area (Å²) in [5, 5.41) is 0. The number of ether oxygens (including phenoxy) is 1. The molecule has 0 bridgehead atoms. The Morgan fingerprint density at radius 2 is 1.71 bits per heavy atom. The molecule has 0 aliphatic carbocycles. The first kappa shape index (κ1) is 13.9. The van der Waals surface area contributed by atoms with Crippen molar-refractivity contribution in [3.05, 3.63) is 24.3 Å². The highest BCUT2D eigenvalue weighted by atomic mass is 35.5. The van der Waals surface area contributed by atoms with E-state index >= 15 is 0 Å². The lowest BCUT2D eigenvalue weighted by molar-refractivity contribution is 0.211. The number of halogens is 2. The first-order chi connectivity index (χ1) is 8.17. The van der Waals surface area contributed by atoms with Crippen molar-refractivity contribution in [1.29, 1.82) is 0 Å². The van der Waals surface area contributed by atoms with Crippen LogP contribution in [0, 0.1) is 0 Å². The zero-order valence-electron chi connectivity index (χ0n) is 9.23. The lowest BCUT2D eigenvalue weighted by Gasteiger charge is -2.22. The Kier molecular flexibility index (Phi) is 5.94. The van der Waals surface area contributed by atoms with E-state index in [1.807, 2.05) is 17.0 Å². The van der Waals surface area contributed by atoms with Crippen LogP contribution < -0.4 is 15.4 Å². The van der Waals surface area contributed by atoms with Gasteiger partial charge in [-0.05, 0) is 24.3 Å². The second kappa shape index (κ2) is 7.25. The Labute approximate surface area is 110 Å². The molecule has 4 nitrogen and oxygen atoms in total. The van der Waals surface area contributed by atoms with Crippen LogP contribution in [0.25, 0.3) is 0 Å². The van der Waals surface area contributed by atoms with Crippen LogP contribution in [0.2, 0.25) is 0 Å². The van der Waals surface area contributed by atoms with Gasteiger partial charge in [-0.3, -0.25) is 0 Å². The monoisotopic (exact) mass is 276 g/mol. The van der Waals surface area contributed by atoms with Crippen LogP contribution in [0.4, 0.5) is 10.5 Å². The van der Waals surface area contributed by atoms with E-state index in [0.717, 1.165) is 5.69 Å². The minimum atomic E-state index is -0.823. The molecule has 0 atom stereocenters. The van der Waals surface area contributed by atoms with Gasteiger partial charge in [-0.15, -0.1) is 23.2 Å². The summed E-state index contributed by atoms with van der Waals surface area (Å²) in [6.07, 6.45) is -0.823. The highest BCUT2D eigenvalue weighted by molar-refractivity contribution is 6.18. The fraction of sp³-hybridized carbons (Fsp3) is 0.364. The molecule has 1 rings (SSSR count). The van der Waals surface area contributed by atoms with Crippen LogP contribution in [-0.2, 0) is 0 Å². The maximum Gasteiger partial charge on any atom is 0.409 e. The topological polar surface area (TPSA) is 55.6 Å². The number of amides is 1. The van der Waals surface area contributed by atoms with Gasteiger partial charge in [0.05, 0.1) is 0 Å². The number of rotatable bonds is 6. The lowest BCUT2D eigenvalue weighted by atomic mass is 10.2. The Bertz CT molecular complexity index is 351. The fourth-order valence-corrected chi connectivity index (χ4v) is 1.82. The van der Waals surface area contributed by atoms with Gasteiger partial charge in [-0.2, -0.15) is 0 Å². The van der Waals surface area contributed by atoms with E-state index < -0.39 is 6.09 Å². The van der Waals surface area contributed by atoms with Gasteiger partial charge in [0, 0.05) is 30.5 Å². The molecule has 0 aliphatic rings. The molecule has 0 radical (unpaired) electrons. The number of carbonyl (C=O) groups excluding carboxylic acids is 1. The lowest BCUT2D eigenvalue weighted by Crippen LogP contribution is -2.27. The average Bonchev–Trinajstić information content (AvgIpc) is 2.29. The van der Waals surface area contributed by atoms with Crippen LogP contribution in [0.15, 0.2) is 24.3 Å². The van der Waals surface area contributed by atoms with E-state index in [0.29, 0.717) is 30.6 Å². The van der Waals surface area contributed by atoms with Crippen molar-refractivity contribution in [2.45, 2.75) is 0 Å². The summed E-state index contributed by atoms with van der Waals surface area (Å²) in [4.78, 5) is 12.6. The molecule has 1 aromatic rings. The maximum atomic E-state index is 10.5. The molecule has 1 amide bonds. The molecule has 2 N–H and O–H groups in total. The molecule has 0 aliphatic heterocycles. The minimum absolute atomic E-state index is 0.415. The van der Waals surface area contributed by atoms with Gasteiger partial charge in [-0.25, -0.2) is 4.79 Å². The molecular weight excluding hydrogens is 263 g/mol. The Morgan fingerprint density at radius 3 is 2.12 bits per heavy atom. The molecule has 0 saturated heterocycles. The number of hydrogen-bond donors (Lipinski definition) is 1. The van der Waals surface area contributed by atoms with Gasteiger partial charge in [0.1, 0.15) is 5.75 Å². The number of primary amides is 1. The summed E-state index contributed by atoms with van der Waals surface area (Å²) >= 11 is 11.4. The van der Waals surface area contributed by atoms with E-state index in [9.17, 15) is 4.79 Å². The molecule has 94 valence electrons. The van der Waals surface area contributed by atoms with E-state index in [-0.39, 0.29) is 0 Å². The third-order valence-electron chi connectivity index (χ3n) is 2.13. The molecule has 1 aromatic carbocycles.